The van der Waals surface area contributed by atoms with Crippen LogP contribution < -0.4 is 5.73 Å². The summed E-state index contributed by atoms with van der Waals surface area (Å²) in [7, 11) is 6.43. The van der Waals surface area contributed by atoms with Crippen LogP contribution in [-0.4, -0.2) is 68.8 Å². The second kappa shape index (κ2) is 6.69. The number of rotatable bonds is 6. The molecule has 0 spiro atoms. The molecule has 1 aliphatic rings. The first kappa shape index (κ1) is 14.9. The summed E-state index contributed by atoms with van der Waals surface area (Å²) >= 11 is 0. The second-order valence-corrected chi connectivity index (χ2v) is 5.51. The molecule has 4 nitrogen and oxygen atoms in total. The summed E-state index contributed by atoms with van der Waals surface area (Å²) in [6.45, 7) is 5.92. The SMILES string of the molecule is CCC1CC(CN)(N(C)CCN(C)C)CCO1. The van der Waals surface area contributed by atoms with Crippen molar-refractivity contribution in [2.75, 3.05) is 47.4 Å². The lowest BCUT2D eigenvalue weighted by atomic mass is 9.84. The van der Waals surface area contributed by atoms with Gasteiger partial charge in [0.2, 0.25) is 0 Å². The predicted molar refractivity (Wildman–Crippen MR) is 72.2 cm³/mol. The Morgan fingerprint density at radius 3 is 2.53 bits per heavy atom. The molecule has 102 valence electrons. The molecule has 0 aromatic carbocycles. The van der Waals surface area contributed by atoms with Crippen LogP contribution in [0, 0.1) is 0 Å². The van der Waals surface area contributed by atoms with Crippen molar-refractivity contribution in [3.63, 3.8) is 0 Å². The summed E-state index contributed by atoms with van der Waals surface area (Å²) < 4.78 is 5.77. The molecule has 1 rings (SSSR count). The van der Waals surface area contributed by atoms with Gasteiger partial charge in [0.15, 0.2) is 0 Å². The van der Waals surface area contributed by atoms with Gasteiger partial charge in [0, 0.05) is 31.8 Å². The Bertz CT molecular complexity index is 223. The molecule has 1 heterocycles. The zero-order chi connectivity index (χ0) is 12.9. The van der Waals surface area contributed by atoms with Gasteiger partial charge in [-0.15, -0.1) is 0 Å². The van der Waals surface area contributed by atoms with E-state index in [1.165, 1.54) is 0 Å². The van der Waals surface area contributed by atoms with Gasteiger partial charge in [-0.2, -0.15) is 0 Å². The van der Waals surface area contributed by atoms with Crippen molar-refractivity contribution >= 4 is 0 Å². The third-order valence-corrected chi connectivity index (χ3v) is 4.06. The highest BCUT2D eigenvalue weighted by Crippen LogP contribution is 2.30. The molecule has 0 aromatic rings. The van der Waals surface area contributed by atoms with E-state index in [0.717, 1.165) is 45.5 Å². The maximum atomic E-state index is 6.05. The summed E-state index contributed by atoms with van der Waals surface area (Å²) in [5.74, 6) is 0. The predicted octanol–water partition coefficient (Wildman–Crippen LogP) is 0.766. The number of hydrogen-bond donors (Lipinski definition) is 1. The molecule has 1 saturated heterocycles. The van der Waals surface area contributed by atoms with Crippen molar-refractivity contribution in [1.29, 1.82) is 0 Å². The van der Waals surface area contributed by atoms with Crippen LogP contribution in [0.1, 0.15) is 26.2 Å². The molecule has 0 radical (unpaired) electrons. The van der Waals surface area contributed by atoms with E-state index in [0.29, 0.717) is 6.10 Å². The average molecular weight is 243 g/mol. The molecule has 4 heteroatoms. The first-order chi connectivity index (χ1) is 8.04. The molecular weight excluding hydrogens is 214 g/mol. The van der Waals surface area contributed by atoms with E-state index >= 15 is 0 Å². The molecule has 0 bridgehead atoms. The summed E-state index contributed by atoms with van der Waals surface area (Å²) in [4.78, 5) is 4.66. The molecule has 0 saturated carbocycles. The largest absolute Gasteiger partial charge is 0.378 e. The first-order valence-corrected chi connectivity index (χ1v) is 6.71. The van der Waals surface area contributed by atoms with E-state index in [1.807, 2.05) is 0 Å². The number of likely N-dealkylation sites (N-methyl/N-ethyl adjacent to an activating group) is 2. The van der Waals surface area contributed by atoms with E-state index in [-0.39, 0.29) is 5.54 Å². The van der Waals surface area contributed by atoms with Gasteiger partial charge >= 0.3 is 0 Å². The first-order valence-electron chi connectivity index (χ1n) is 6.71. The van der Waals surface area contributed by atoms with Crippen LogP contribution >= 0.6 is 0 Å². The Morgan fingerprint density at radius 1 is 1.29 bits per heavy atom. The summed E-state index contributed by atoms with van der Waals surface area (Å²) in [6, 6.07) is 0. The number of ether oxygens (including phenoxy) is 1. The van der Waals surface area contributed by atoms with Crippen LogP contribution in [0.3, 0.4) is 0 Å². The Labute approximate surface area is 106 Å². The standard InChI is InChI=1S/C13H29N3O/c1-5-12-10-13(11-14,6-9-17-12)16(4)8-7-15(2)3/h12H,5-11,14H2,1-4H3. The molecule has 1 aliphatic heterocycles. The maximum Gasteiger partial charge on any atom is 0.0590 e. The fraction of sp³-hybridized carbons (Fsp3) is 1.00. The fourth-order valence-electron chi connectivity index (χ4n) is 2.54. The lowest BCUT2D eigenvalue weighted by molar-refractivity contribution is -0.0656. The van der Waals surface area contributed by atoms with Crippen LogP contribution in [0.4, 0.5) is 0 Å². The minimum absolute atomic E-state index is 0.148. The molecule has 1 fully saturated rings. The van der Waals surface area contributed by atoms with Crippen LogP contribution in [0.15, 0.2) is 0 Å². The normalized spacial score (nSPS) is 30.2. The van der Waals surface area contributed by atoms with Crippen molar-refractivity contribution < 1.29 is 4.74 Å². The Kier molecular flexibility index (Phi) is 5.86. The van der Waals surface area contributed by atoms with Gasteiger partial charge in [-0.25, -0.2) is 0 Å². The number of hydrogen-bond acceptors (Lipinski definition) is 4. The smallest absolute Gasteiger partial charge is 0.0590 e. The maximum absolute atomic E-state index is 6.05. The van der Waals surface area contributed by atoms with E-state index < -0.39 is 0 Å². The minimum atomic E-state index is 0.148. The topological polar surface area (TPSA) is 41.7 Å². The van der Waals surface area contributed by atoms with Crippen LogP contribution in [0.5, 0.6) is 0 Å². The van der Waals surface area contributed by atoms with Crippen LogP contribution in [-0.2, 0) is 4.74 Å². The van der Waals surface area contributed by atoms with Crippen molar-refractivity contribution in [3.8, 4) is 0 Å². The third-order valence-electron chi connectivity index (χ3n) is 4.06. The van der Waals surface area contributed by atoms with Crippen LogP contribution in [0.25, 0.3) is 0 Å². The molecular formula is C13H29N3O. The molecule has 0 aliphatic carbocycles. The van der Waals surface area contributed by atoms with Gasteiger partial charge in [-0.3, -0.25) is 4.90 Å². The van der Waals surface area contributed by atoms with Gasteiger partial charge in [-0.05, 0) is 40.4 Å². The minimum Gasteiger partial charge on any atom is -0.378 e. The van der Waals surface area contributed by atoms with Crippen molar-refractivity contribution in [2.24, 2.45) is 5.73 Å². The second-order valence-electron chi connectivity index (χ2n) is 5.51. The molecule has 2 N–H and O–H groups in total. The van der Waals surface area contributed by atoms with E-state index in [1.54, 1.807) is 0 Å². The zero-order valence-electron chi connectivity index (χ0n) is 11.9. The number of nitrogens with zero attached hydrogens (tertiary/aromatic N) is 2. The molecule has 0 amide bonds. The summed E-state index contributed by atoms with van der Waals surface area (Å²) in [5, 5.41) is 0. The Hall–Kier alpha value is -0.160. The highest BCUT2D eigenvalue weighted by Gasteiger charge is 2.38. The lowest BCUT2D eigenvalue weighted by Crippen LogP contribution is -2.58. The molecule has 0 aromatic heterocycles. The van der Waals surface area contributed by atoms with Crippen molar-refractivity contribution in [2.45, 2.75) is 37.8 Å². The van der Waals surface area contributed by atoms with E-state index in [2.05, 4.69) is 37.9 Å². The quantitative estimate of drug-likeness (QED) is 0.748. The van der Waals surface area contributed by atoms with Crippen molar-refractivity contribution in [1.82, 2.24) is 9.80 Å². The summed E-state index contributed by atoms with van der Waals surface area (Å²) in [5.41, 5.74) is 6.20. The van der Waals surface area contributed by atoms with Crippen LogP contribution in [0.2, 0.25) is 0 Å². The highest BCUT2D eigenvalue weighted by atomic mass is 16.5. The Balaban J connectivity index is 2.59. The Morgan fingerprint density at radius 2 is 2.00 bits per heavy atom. The molecule has 2 unspecified atom stereocenters. The van der Waals surface area contributed by atoms with Crippen molar-refractivity contribution in [3.05, 3.63) is 0 Å². The van der Waals surface area contributed by atoms with E-state index in [9.17, 15) is 0 Å². The number of nitrogens with two attached hydrogens (primary N) is 1. The lowest BCUT2D eigenvalue weighted by Gasteiger charge is -2.46. The van der Waals surface area contributed by atoms with Gasteiger partial charge in [0.25, 0.3) is 0 Å². The fourth-order valence-corrected chi connectivity index (χ4v) is 2.54. The average Bonchev–Trinajstić information content (AvgIpc) is 2.35. The third kappa shape index (κ3) is 3.91. The van der Waals surface area contributed by atoms with Gasteiger partial charge in [0.1, 0.15) is 0 Å². The molecule has 17 heavy (non-hydrogen) atoms. The monoisotopic (exact) mass is 243 g/mol. The van der Waals surface area contributed by atoms with E-state index in [4.69, 9.17) is 10.5 Å². The van der Waals surface area contributed by atoms with Gasteiger partial charge < -0.3 is 15.4 Å². The molecule has 2 atom stereocenters. The highest BCUT2D eigenvalue weighted by molar-refractivity contribution is 4.95. The van der Waals surface area contributed by atoms with Gasteiger partial charge in [0.05, 0.1) is 6.10 Å². The van der Waals surface area contributed by atoms with Gasteiger partial charge in [-0.1, -0.05) is 6.92 Å². The zero-order valence-corrected chi connectivity index (χ0v) is 11.9. The summed E-state index contributed by atoms with van der Waals surface area (Å²) in [6.07, 6.45) is 3.60.